The van der Waals surface area contributed by atoms with Gasteiger partial charge >= 0.3 is 0 Å². The molecule has 20 heavy (non-hydrogen) atoms. The van der Waals surface area contributed by atoms with Crippen molar-refractivity contribution in [2.75, 3.05) is 13.2 Å². The summed E-state index contributed by atoms with van der Waals surface area (Å²) in [4.78, 5) is 11.7. The summed E-state index contributed by atoms with van der Waals surface area (Å²) in [6, 6.07) is 5.92. The molecule has 4 nitrogen and oxygen atoms in total. The SMILES string of the molecule is CCNCc1cc(OCC(=O)NC(C)CC)ccc1Br. The molecule has 0 aromatic heterocycles. The molecule has 0 saturated carbocycles. The van der Waals surface area contributed by atoms with E-state index in [1.54, 1.807) is 0 Å². The van der Waals surface area contributed by atoms with Crippen LogP contribution < -0.4 is 15.4 Å². The Hall–Kier alpha value is -1.07. The first-order valence-corrected chi connectivity index (χ1v) is 7.77. The Balaban J connectivity index is 2.53. The molecule has 0 aliphatic heterocycles. The standard InChI is InChI=1S/C15H23BrN2O2/c1-4-11(3)18-15(19)10-20-13-6-7-14(16)12(8-13)9-17-5-2/h6-8,11,17H,4-5,9-10H2,1-3H3,(H,18,19). The Morgan fingerprint density at radius 1 is 1.40 bits per heavy atom. The maximum atomic E-state index is 11.7. The second-order valence-electron chi connectivity index (χ2n) is 4.70. The smallest absolute Gasteiger partial charge is 0.258 e. The van der Waals surface area contributed by atoms with Crippen LogP contribution in [0.3, 0.4) is 0 Å². The number of benzene rings is 1. The summed E-state index contributed by atoms with van der Waals surface area (Å²) in [6.07, 6.45) is 0.914. The highest BCUT2D eigenvalue weighted by Gasteiger charge is 2.07. The number of amides is 1. The molecule has 1 unspecified atom stereocenters. The molecule has 0 radical (unpaired) electrons. The quantitative estimate of drug-likeness (QED) is 0.763. The first-order chi connectivity index (χ1) is 9.56. The molecule has 0 aliphatic carbocycles. The predicted octanol–water partition coefficient (Wildman–Crippen LogP) is 2.85. The zero-order chi connectivity index (χ0) is 15.0. The van der Waals surface area contributed by atoms with Crippen LogP contribution in [0.25, 0.3) is 0 Å². The normalized spacial score (nSPS) is 12.0. The summed E-state index contributed by atoms with van der Waals surface area (Å²) in [7, 11) is 0. The van der Waals surface area contributed by atoms with Crippen LogP contribution in [0.1, 0.15) is 32.8 Å². The Morgan fingerprint density at radius 2 is 2.15 bits per heavy atom. The van der Waals surface area contributed by atoms with Gasteiger partial charge in [-0.25, -0.2) is 0 Å². The Kier molecular flexibility index (Phi) is 7.62. The highest BCUT2D eigenvalue weighted by molar-refractivity contribution is 9.10. The number of carbonyl (C=O) groups is 1. The van der Waals surface area contributed by atoms with E-state index >= 15 is 0 Å². The number of hydrogen-bond acceptors (Lipinski definition) is 3. The zero-order valence-electron chi connectivity index (χ0n) is 12.3. The number of ether oxygens (including phenoxy) is 1. The highest BCUT2D eigenvalue weighted by Crippen LogP contribution is 2.22. The molecule has 1 aromatic rings. The Labute approximate surface area is 129 Å². The number of rotatable bonds is 8. The summed E-state index contributed by atoms with van der Waals surface area (Å²) in [5.74, 6) is 0.621. The molecule has 0 heterocycles. The molecule has 0 fully saturated rings. The number of halogens is 1. The Morgan fingerprint density at radius 3 is 2.80 bits per heavy atom. The number of nitrogens with one attached hydrogen (secondary N) is 2. The van der Waals surface area contributed by atoms with Crippen molar-refractivity contribution in [2.24, 2.45) is 0 Å². The van der Waals surface area contributed by atoms with Crippen molar-refractivity contribution in [3.63, 3.8) is 0 Å². The zero-order valence-corrected chi connectivity index (χ0v) is 13.9. The van der Waals surface area contributed by atoms with Crippen molar-refractivity contribution in [1.82, 2.24) is 10.6 Å². The van der Waals surface area contributed by atoms with Crippen LogP contribution in [0.2, 0.25) is 0 Å². The van der Waals surface area contributed by atoms with Crippen LogP contribution in [0.4, 0.5) is 0 Å². The maximum absolute atomic E-state index is 11.7. The predicted molar refractivity (Wildman–Crippen MR) is 84.9 cm³/mol. The average Bonchev–Trinajstić information content (AvgIpc) is 2.44. The number of hydrogen-bond donors (Lipinski definition) is 2. The van der Waals surface area contributed by atoms with Gasteiger partial charge in [-0.05, 0) is 43.7 Å². The second kappa shape index (κ2) is 8.97. The lowest BCUT2D eigenvalue weighted by atomic mass is 10.2. The van der Waals surface area contributed by atoms with Crippen molar-refractivity contribution < 1.29 is 9.53 Å². The van der Waals surface area contributed by atoms with Crippen LogP contribution in [0, 0.1) is 0 Å². The van der Waals surface area contributed by atoms with Gasteiger partial charge in [-0.1, -0.05) is 29.8 Å². The number of carbonyl (C=O) groups excluding carboxylic acids is 1. The largest absolute Gasteiger partial charge is 0.484 e. The van der Waals surface area contributed by atoms with Gasteiger partial charge in [-0.3, -0.25) is 4.79 Å². The van der Waals surface area contributed by atoms with Crippen LogP contribution in [-0.4, -0.2) is 25.1 Å². The first kappa shape index (κ1) is 17.0. The van der Waals surface area contributed by atoms with Crippen molar-refractivity contribution in [2.45, 2.75) is 39.8 Å². The van der Waals surface area contributed by atoms with Crippen LogP contribution >= 0.6 is 15.9 Å². The molecule has 5 heteroatoms. The maximum Gasteiger partial charge on any atom is 0.258 e. The van der Waals surface area contributed by atoms with E-state index in [1.807, 2.05) is 32.0 Å². The van der Waals surface area contributed by atoms with E-state index in [2.05, 4.69) is 33.5 Å². The third-order valence-corrected chi connectivity index (χ3v) is 3.75. The van der Waals surface area contributed by atoms with E-state index in [4.69, 9.17) is 4.74 Å². The Bertz CT molecular complexity index is 438. The van der Waals surface area contributed by atoms with Gasteiger partial charge in [0.1, 0.15) is 5.75 Å². The summed E-state index contributed by atoms with van der Waals surface area (Å²) in [6.45, 7) is 7.81. The molecule has 112 valence electrons. The van der Waals surface area contributed by atoms with Gasteiger partial charge in [-0.2, -0.15) is 0 Å². The van der Waals surface area contributed by atoms with Gasteiger partial charge in [0, 0.05) is 17.1 Å². The highest BCUT2D eigenvalue weighted by atomic mass is 79.9. The monoisotopic (exact) mass is 342 g/mol. The van der Waals surface area contributed by atoms with Gasteiger partial charge in [-0.15, -0.1) is 0 Å². The summed E-state index contributed by atoms with van der Waals surface area (Å²) < 4.78 is 6.57. The van der Waals surface area contributed by atoms with Gasteiger partial charge in [0.2, 0.25) is 0 Å². The fourth-order valence-electron chi connectivity index (χ4n) is 1.60. The second-order valence-corrected chi connectivity index (χ2v) is 5.55. The lowest BCUT2D eigenvalue weighted by Crippen LogP contribution is -2.35. The molecule has 0 saturated heterocycles. The van der Waals surface area contributed by atoms with E-state index in [9.17, 15) is 4.79 Å². The fourth-order valence-corrected chi connectivity index (χ4v) is 1.99. The van der Waals surface area contributed by atoms with E-state index < -0.39 is 0 Å². The fraction of sp³-hybridized carbons (Fsp3) is 0.533. The van der Waals surface area contributed by atoms with Gasteiger partial charge in [0.15, 0.2) is 6.61 Å². The van der Waals surface area contributed by atoms with Crippen molar-refractivity contribution >= 4 is 21.8 Å². The van der Waals surface area contributed by atoms with Crippen molar-refractivity contribution in [3.05, 3.63) is 28.2 Å². The van der Waals surface area contributed by atoms with E-state index in [0.717, 1.165) is 29.5 Å². The molecule has 1 aromatic carbocycles. The molecular formula is C15H23BrN2O2. The van der Waals surface area contributed by atoms with E-state index in [-0.39, 0.29) is 18.6 Å². The lowest BCUT2D eigenvalue weighted by Gasteiger charge is -2.13. The van der Waals surface area contributed by atoms with Crippen LogP contribution in [-0.2, 0) is 11.3 Å². The van der Waals surface area contributed by atoms with Crippen molar-refractivity contribution in [3.8, 4) is 5.75 Å². The molecule has 1 rings (SSSR count). The topological polar surface area (TPSA) is 50.4 Å². The first-order valence-electron chi connectivity index (χ1n) is 6.98. The minimum absolute atomic E-state index is 0.0482. The molecule has 0 aliphatic rings. The van der Waals surface area contributed by atoms with Crippen LogP contribution in [0.5, 0.6) is 5.75 Å². The molecule has 1 amide bonds. The molecule has 0 spiro atoms. The van der Waals surface area contributed by atoms with Gasteiger partial charge in [0.05, 0.1) is 0 Å². The summed E-state index contributed by atoms with van der Waals surface area (Å²) >= 11 is 3.51. The van der Waals surface area contributed by atoms with Gasteiger partial charge < -0.3 is 15.4 Å². The third-order valence-electron chi connectivity index (χ3n) is 2.97. The minimum atomic E-state index is -0.0875. The van der Waals surface area contributed by atoms with Crippen molar-refractivity contribution in [1.29, 1.82) is 0 Å². The third kappa shape index (κ3) is 5.92. The molecule has 2 N–H and O–H groups in total. The molecule has 0 bridgehead atoms. The van der Waals surface area contributed by atoms with Gasteiger partial charge in [0.25, 0.3) is 5.91 Å². The van der Waals surface area contributed by atoms with Crippen LogP contribution in [0.15, 0.2) is 22.7 Å². The van der Waals surface area contributed by atoms with E-state index in [1.165, 1.54) is 0 Å². The summed E-state index contributed by atoms with van der Waals surface area (Å²) in [5.41, 5.74) is 1.12. The summed E-state index contributed by atoms with van der Waals surface area (Å²) in [5, 5.41) is 6.14. The average molecular weight is 343 g/mol. The van der Waals surface area contributed by atoms with E-state index in [0.29, 0.717) is 5.75 Å². The lowest BCUT2D eigenvalue weighted by molar-refractivity contribution is -0.123. The molecule has 1 atom stereocenters. The minimum Gasteiger partial charge on any atom is -0.484 e. The molecular weight excluding hydrogens is 320 g/mol.